The zero-order chi connectivity index (χ0) is 16.4. The van der Waals surface area contributed by atoms with Gasteiger partial charge in [-0.25, -0.2) is 0 Å². The summed E-state index contributed by atoms with van der Waals surface area (Å²) in [7, 11) is 0. The Labute approximate surface area is 130 Å². The van der Waals surface area contributed by atoms with E-state index in [9.17, 15) is 23.4 Å². The van der Waals surface area contributed by atoms with Gasteiger partial charge in [0.15, 0.2) is 0 Å². The third-order valence-electron chi connectivity index (χ3n) is 4.80. The van der Waals surface area contributed by atoms with E-state index >= 15 is 0 Å². The van der Waals surface area contributed by atoms with Crippen molar-refractivity contribution in [2.45, 2.75) is 31.0 Å². The second kappa shape index (κ2) is 4.67. The zero-order valence-corrected chi connectivity index (χ0v) is 12.1. The molecule has 4 nitrogen and oxygen atoms in total. The van der Waals surface area contributed by atoms with Crippen molar-refractivity contribution >= 4 is 0 Å². The van der Waals surface area contributed by atoms with Crippen LogP contribution in [0, 0.1) is 0 Å². The lowest BCUT2D eigenvalue weighted by Gasteiger charge is -2.36. The van der Waals surface area contributed by atoms with Gasteiger partial charge in [-0.3, -0.25) is 4.57 Å². The lowest BCUT2D eigenvalue weighted by molar-refractivity contribution is -0.137. The summed E-state index contributed by atoms with van der Waals surface area (Å²) in [4.78, 5) is 0. The lowest BCUT2D eigenvalue weighted by Crippen LogP contribution is -2.37. The van der Waals surface area contributed by atoms with Crippen molar-refractivity contribution in [1.82, 2.24) is 9.88 Å². The smallest absolute Gasteiger partial charge is 0.416 e. The van der Waals surface area contributed by atoms with E-state index in [1.165, 1.54) is 12.1 Å². The molecule has 7 heteroatoms. The lowest BCUT2D eigenvalue weighted by atomic mass is 9.78. The SMILES string of the molecule is Oc1c2c(c(O)n1-c1cccc(C(F)(F)F)c1)[C@H]1CC[C@@H]2CN1. The summed E-state index contributed by atoms with van der Waals surface area (Å²) in [6.45, 7) is 0.706. The molecule has 1 aromatic heterocycles. The average molecular weight is 324 g/mol. The largest absolute Gasteiger partial charge is 0.494 e. The van der Waals surface area contributed by atoms with E-state index in [4.69, 9.17) is 0 Å². The quantitative estimate of drug-likeness (QED) is 0.753. The second-order valence-corrected chi connectivity index (χ2v) is 6.09. The molecule has 2 bridgehead atoms. The molecule has 0 saturated carbocycles. The number of aromatic nitrogens is 1. The van der Waals surface area contributed by atoms with Gasteiger partial charge in [0.05, 0.1) is 11.3 Å². The maximum atomic E-state index is 12.9. The molecule has 2 atom stereocenters. The third kappa shape index (κ3) is 2.03. The van der Waals surface area contributed by atoms with Crippen molar-refractivity contribution in [3.05, 3.63) is 41.0 Å². The fourth-order valence-corrected chi connectivity index (χ4v) is 3.74. The highest BCUT2D eigenvalue weighted by Crippen LogP contribution is 2.52. The Morgan fingerprint density at radius 3 is 2.43 bits per heavy atom. The van der Waals surface area contributed by atoms with Crippen molar-refractivity contribution < 1.29 is 23.4 Å². The summed E-state index contributed by atoms with van der Waals surface area (Å²) in [6.07, 6.45) is -2.74. The molecule has 0 unspecified atom stereocenters. The Morgan fingerprint density at radius 1 is 1.09 bits per heavy atom. The van der Waals surface area contributed by atoms with Gasteiger partial charge in [-0.1, -0.05) is 6.07 Å². The molecule has 3 heterocycles. The number of hydrogen-bond acceptors (Lipinski definition) is 3. The van der Waals surface area contributed by atoms with Crippen LogP contribution in [-0.4, -0.2) is 21.3 Å². The van der Waals surface area contributed by atoms with Gasteiger partial charge in [0, 0.05) is 29.6 Å². The molecule has 1 aromatic carbocycles. The molecular formula is C16H15F3N2O2. The first-order valence-corrected chi connectivity index (χ1v) is 7.45. The van der Waals surface area contributed by atoms with E-state index in [0.717, 1.165) is 29.5 Å². The Kier molecular flexibility index (Phi) is 2.93. The van der Waals surface area contributed by atoms with Crippen molar-refractivity contribution in [2.75, 3.05) is 6.54 Å². The fourth-order valence-electron chi connectivity index (χ4n) is 3.74. The number of alkyl halides is 3. The first kappa shape index (κ1) is 14.4. The molecule has 5 rings (SSSR count). The van der Waals surface area contributed by atoms with Gasteiger partial charge in [0.2, 0.25) is 11.8 Å². The molecule has 0 spiro atoms. The summed E-state index contributed by atoms with van der Waals surface area (Å²) >= 11 is 0. The minimum Gasteiger partial charge on any atom is -0.494 e. The van der Waals surface area contributed by atoms with E-state index in [1.54, 1.807) is 0 Å². The second-order valence-electron chi connectivity index (χ2n) is 6.09. The number of rotatable bonds is 1. The van der Waals surface area contributed by atoms with Gasteiger partial charge in [-0.05, 0) is 31.0 Å². The van der Waals surface area contributed by atoms with Crippen LogP contribution in [0.5, 0.6) is 11.8 Å². The number of nitrogens with zero attached hydrogens (tertiary/aromatic N) is 1. The maximum Gasteiger partial charge on any atom is 0.416 e. The number of fused-ring (bicyclic) bond motifs is 2. The number of hydrogen-bond donors (Lipinski definition) is 3. The Hall–Kier alpha value is -2.15. The number of halogens is 3. The van der Waals surface area contributed by atoms with Crippen molar-refractivity contribution in [3.63, 3.8) is 0 Å². The molecule has 1 aliphatic carbocycles. The first-order valence-electron chi connectivity index (χ1n) is 7.45. The van der Waals surface area contributed by atoms with E-state index < -0.39 is 11.7 Å². The highest BCUT2D eigenvalue weighted by Gasteiger charge is 2.41. The highest BCUT2D eigenvalue weighted by atomic mass is 19.4. The van der Waals surface area contributed by atoms with Crippen LogP contribution in [0.15, 0.2) is 24.3 Å². The van der Waals surface area contributed by atoms with Gasteiger partial charge in [0.1, 0.15) is 0 Å². The van der Waals surface area contributed by atoms with Crippen LogP contribution in [0.3, 0.4) is 0 Å². The molecule has 3 N–H and O–H groups in total. The molecule has 2 aliphatic heterocycles. The summed E-state index contributed by atoms with van der Waals surface area (Å²) in [5.41, 5.74) is 0.558. The highest BCUT2D eigenvalue weighted by molar-refractivity contribution is 5.58. The third-order valence-corrected chi connectivity index (χ3v) is 4.80. The van der Waals surface area contributed by atoms with Crippen molar-refractivity contribution in [1.29, 1.82) is 0 Å². The molecule has 3 aliphatic rings. The molecule has 2 aromatic rings. The molecule has 0 radical (unpaired) electrons. The van der Waals surface area contributed by atoms with Crippen molar-refractivity contribution in [3.8, 4) is 17.4 Å². The predicted octanol–water partition coefficient (Wildman–Crippen LogP) is 3.43. The van der Waals surface area contributed by atoms with Gasteiger partial charge in [-0.15, -0.1) is 0 Å². The van der Waals surface area contributed by atoms with Crippen LogP contribution < -0.4 is 5.32 Å². The Morgan fingerprint density at radius 2 is 1.83 bits per heavy atom. The summed E-state index contributed by atoms with van der Waals surface area (Å²) in [5.74, 6) is -0.264. The van der Waals surface area contributed by atoms with Crippen LogP contribution >= 0.6 is 0 Å². The van der Waals surface area contributed by atoms with Crippen LogP contribution in [-0.2, 0) is 6.18 Å². The minimum absolute atomic E-state index is 0.0621. The van der Waals surface area contributed by atoms with Gasteiger partial charge in [0.25, 0.3) is 0 Å². The average Bonchev–Trinajstić information content (AvgIpc) is 2.81. The summed E-state index contributed by atoms with van der Waals surface area (Å²) in [6, 6.07) is 4.54. The Balaban J connectivity index is 1.90. The van der Waals surface area contributed by atoms with Gasteiger partial charge < -0.3 is 15.5 Å². The first-order chi connectivity index (χ1) is 10.9. The van der Waals surface area contributed by atoms with Gasteiger partial charge >= 0.3 is 6.18 Å². The summed E-state index contributed by atoms with van der Waals surface area (Å²) in [5, 5.41) is 24.3. The van der Waals surface area contributed by atoms with Crippen LogP contribution in [0.2, 0.25) is 0 Å². The molecule has 1 fully saturated rings. The molecule has 1 saturated heterocycles. The number of aromatic hydroxyl groups is 2. The maximum absolute atomic E-state index is 12.9. The summed E-state index contributed by atoms with van der Waals surface area (Å²) < 4.78 is 39.8. The van der Waals surface area contributed by atoms with E-state index in [2.05, 4.69) is 5.32 Å². The fraction of sp³-hybridized carbons (Fsp3) is 0.375. The van der Waals surface area contributed by atoms with Crippen LogP contribution in [0.4, 0.5) is 13.2 Å². The number of piperidine rings is 1. The minimum atomic E-state index is -4.48. The van der Waals surface area contributed by atoms with Crippen LogP contribution in [0.25, 0.3) is 5.69 Å². The normalized spacial score (nSPS) is 23.1. The van der Waals surface area contributed by atoms with E-state index in [-0.39, 0.29) is 29.4 Å². The zero-order valence-electron chi connectivity index (χ0n) is 12.1. The van der Waals surface area contributed by atoms with Gasteiger partial charge in [-0.2, -0.15) is 13.2 Å². The molecule has 23 heavy (non-hydrogen) atoms. The monoisotopic (exact) mass is 324 g/mol. The molecule has 122 valence electrons. The topological polar surface area (TPSA) is 57.4 Å². The molecule has 0 amide bonds. The van der Waals surface area contributed by atoms with Crippen LogP contribution in [0.1, 0.15) is 41.5 Å². The Bertz CT molecular complexity index is 739. The predicted molar refractivity (Wildman–Crippen MR) is 76.8 cm³/mol. The van der Waals surface area contributed by atoms with E-state index in [0.29, 0.717) is 17.7 Å². The van der Waals surface area contributed by atoms with Crippen molar-refractivity contribution in [2.24, 2.45) is 0 Å². The van der Waals surface area contributed by atoms with E-state index in [1.807, 2.05) is 0 Å². The standard InChI is InChI=1S/C16H15F3N2O2/c17-16(18,19)9-2-1-3-10(6-9)21-14(22)12-8-4-5-11(20-7-8)13(12)15(21)23/h1-3,6,8,11,20,22-23H,4-5,7H2/t8-,11-/m1/s1. The number of nitrogens with one attached hydrogen (secondary N) is 1. The number of benzene rings is 1. The molecular weight excluding hydrogens is 309 g/mol.